The van der Waals surface area contributed by atoms with Gasteiger partial charge in [-0.3, -0.25) is 14.5 Å². The Kier molecular flexibility index (Phi) is 9.83. The highest BCUT2D eigenvalue weighted by molar-refractivity contribution is 7.10. The molecule has 2 aromatic carbocycles. The Morgan fingerprint density at radius 3 is 2.40 bits per heavy atom. The number of nitrogens with one attached hydrogen (secondary N) is 1. The van der Waals surface area contributed by atoms with Crippen LogP contribution in [0.15, 0.2) is 60.0 Å². The van der Waals surface area contributed by atoms with Crippen LogP contribution in [0.25, 0.3) is 10.8 Å². The minimum Gasteiger partial charge on any atom is -0.481 e. The van der Waals surface area contributed by atoms with E-state index in [2.05, 4.69) is 66.1 Å². The lowest BCUT2D eigenvalue weighted by molar-refractivity contribution is -0.137. The molecule has 3 aromatic rings. The maximum Gasteiger partial charge on any atom is 0.303 e. The maximum absolute atomic E-state index is 11.9. The summed E-state index contributed by atoms with van der Waals surface area (Å²) in [7, 11) is 4.26. The van der Waals surface area contributed by atoms with Crippen molar-refractivity contribution in [3.8, 4) is 0 Å². The Hall–Kier alpha value is -2.74. The Bertz CT molecular complexity index is 1080. The fraction of sp³-hybridized carbons (Fsp3) is 0.429. The number of nitrogens with zero attached hydrogens (tertiary/aromatic N) is 1. The molecular weight excluding hydrogens is 458 g/mol. The van der Waals surface area contributed by atoms with E-state index in [1.807, 2.05) is 18.2 Å². The Morgan fingerprint density at radius 2 is 1.77 bits per heavy atom. The van der Waals surface area contributed by atoms with Crippen LogP contribution in [0.3, 0.4) is 0 Å². The smallest absolute Gasteiger partial charge is 0.303 e. The summed E-state index contributed by atoms with van der Waals surface area (Å²) in [5.74, 6) is -0.869. The number of carbonyl (C=O) groups is 2. The summed E-state index contributed by atoms with van der Waals surface area (Å²) in [4.78, 5) is 26.1. The first-order valence-corrected chi connectivity index (χ1v) is 13.1. The molecule has 4 rings (SSSR count). The zero-order valence-electron chi connectivity index (χ0n) is 20.7. The predicted octanol–water partition coefficient (Wildman–Crippen LogP) is 5.12. The second kappa shape index (κ2) is 12.8. The minimum absolute atomic E-state index is 0.0234. The summed E-state index contributed by atoms with van der Waals surface area (Å²) in [5, 5.41) is 16.3. The fourth-order valence-corrected chi connectivity index (χ4v) is 5.93. The van der Waals surface area contributed by atoms with E-state index in [9.17, 15) is 9.59 Å². The third-order valence-corrected chi connectivity index (χ3v) is 7.97. The average Bonchev–Trinajstić information content (AvgIpc) is 3.40. The van der Waals surface area contributed by atoms with E-state index in [1.54, 1.807) is 11.3 Å². The molecule has 1 aliphatic rings. The Balaban J connectivity index is 0.000000237. The second-order valence-corrected chi connectivity index (χ2v) is 10.3. The van der Waals surface area contributed by atoms with Crippen molar-refractivity contribution < 1.29 is 14.7 Å². The number of carboxylic acid groups (broad SMARTS) is 1. The third-order valence-electron chi connectivity index (χ3n) is 6.91. The molecule has 0 saturated heterocycles. The van der Waals surface area contributed by atoms with E-state index in [-0.39, 0.29) is 23.9 Å². The molecule has 0 aliphatic heterocycles. The first kappa shape index (κ1) is 26.9. The quantitative estimate of drug-likeness (QED) is 0.403. The number of amides is 1. The normalized spacial score (nSPS) is 19.7. The van der Waals surface area contributed by atoms with E-state index < -0.39 is 5.97 Å². The van der Waals surface area contributed by atoms with Crippen LogP contribution in [0.5, 0.6) is 0 Å². The van der Waals surface area contributed by atoms with Crippen LogP contribution in [-0.2, 0) is 21.7 Å². The highest BCUT2D eigenvalue weighted by Gasteiger charge is 2.39. The van der Waals surface area contributed by atoms with Crippen molar-refractivity contribution in [3.05, 3.63) is 70.4 Å². The van der Waals surface area contributed by atoms with Gasteiger partial charge in [0, 0.05) is 30.3 Å². The molecule has 1 aliphatic carbocycles. The molecule has 0 radical (unpaired) electrons. The summed E-state index contributed by atoms with van der Waals surface area (Å²) in [6.45, 7) is 0.612. The summed E-state index contributed by atoms with van der Waals surface area (Å²) < 4.78 is 0. The number of carboxylic acids is 1. The van der Waals surface area contributed by atoms with E-state index >= 15 is 0 Å². The van der Waals surface area contributed by atoms with Crippen molar-refractivity contribution in [1.29, 1.82) is 0 Å². The Morgan fingerprint density at radius 1 is 1.06 bits per heavy atom. The molecule has 0 bridgehead atoms. The molecule has 1 amide bonds. The van der Waals surface area contributed by atoms with Gasteiger partial charge >= 0.3 is 5.97 Å². The van der Waals surface area contributed by atoms with Gasteiger partial charge in [-0.2, -0.15) is 0 Å². The van der Waals surface area contributed by atoms with E-state index in [1.165, 1.54) is 21.2 Å². The van der Waals surface area contributed by atoms with Crippen molar-refractivity contribution in [1.82, 2.24) is 10.2 Å². The van der Waals surface area contributed by atoms with Gasteiger partial charge in [-0.1, -0.05) is 48.5 Å². The van der Waals surface area contributed by atoms with Crippen molar-refractivity contribution in [2.75, 3.05) is 14.1 Å². The van der Waals surface area contributed by atoms with Gasteiger partial charge in [0.25, 0.3) is 0 Å². The fourth-order valence-electron chi connectivity index (χ4n) is 4.87. The summed E-state index contributed by atoms with van der Waals surface area (Å²) in [5.41, 5.74) is 6.91. The first-order valence-electron chi connectivity index (χ1n) is 12.2. The van der Waals surface area contributed by atoms with Crippen LogP contribution in [0.1, 0.15) is 55.4 Å². The van der Waals surface area contributed by atoms with Crippen LogP contribution in [0.2, 0.25) is 0 Å². The van der Waals surface area contributed by atoms with Crippen molar-refractivity contribution in [2.24, 2.45) is 5.73 Å². The van der Waals surface area contributed by atoms with E-state index in [0.29, 0.717) is 19.4 Å². The molecule has 35 heavy (non-hydrogen) atoms. The number of benzene rings is 2. The highest BCUT2D eigenvalue weighted by Crippen LogP contribution is 2.43. The third kappa shape index (κ3) is 7.13. The van der Waals surface area contributed by atoms with Gasteiger partial charge < -0.3 is 16.2 Å². The molecule has 6 nitrogen and oxygen atoms in total. The number of aliphatic carboxylic acids is 1. The predicted molar refractivity (Wildman–Crippen MR) is 143 cm³/mol. The average molecular weight is 496 g/mol. The maximum atomic E-state index is 11.9. The largest absolute Gasteiger partial charge is 0.481 e. The monoisotopic (exact) mass is 495 g/mol. The number of rotatable bonds is 8. The zero-order chi connectivity index (χ0) is 25.3. The molecule has 0 unspecified atom stereocenters. The zero-order valence-corrected chi connectivity index (χ0v) is 21.5. The lowest BCUT2D eigenvalue weighted by atomic mass is 9.77. The van der Waals surface area contributed by atoms with Gasteiger partial charge in [0.15, 0.2) is 0 Å². The highest BCUT2D eigenvalue weighted by atomic mass is 32.1. The van der Waals surface area contributed by atoms with Crippen LogP contribution < -0.4 is 11.1 Å². The summed E-state index contributed by atoms with van der Waals surface area (Å²) in [6, 6.07) is 19.0. The van der Waals surface area contributed by atoms with Gasteiger partial charge in [-0.05, 0) is 74.0 Å². The number of carbonyl (C=O) groups excluding carboxylic acids is 1. The minimum atomic E-state index is -0.845. The molecular formula is C28H37N3O3S. The van der Waals surface area contributed by atoms with E-state index in [4.69, 9.17) is 10.8 Å². The van der Waals surface area contributed by atoms with Gasteiger partial charge in [0.2, 0.25) is 5.91 Å². The van der Waals surface area contributed by atoms with Gasteiger partial charge in [-0.25, -0.2) is 0 Å². The SMILES string of the molecule is CN(C)C1(c2cccs2)CCC(NC(=O)CCCC(=O)O)CC1.NCc1cccc2ccccc12. The summed E-state index contributed by atoms with van der Waals surface area (Å²) in [6.07, 6.45) is 4.74. The van der Waals surface area contributed by atoms with Crippen molar-refractivity contribution in [2.45, 2.75) is 63.1 Å². The van der Waals surface area contributed by atoms with Gasteiger partial charge in [-0.15, -0.1) is 11.3 Å². The lowest BCUT2D eigenvalue weighted by Gasteiger charge is -2.44. The molecule has 0 atom stereocenters. The molecule has 1 aromatic heterocycles. The van der Waals surface area contributed by atoms with Crippen LogP contribution in [-0.4, -0.2) is 42.0 Å². The molecule has 1 heterocycles. The first-order chi connectivity index (χ1) is 16.9. The number of nitrogens with two attached hydrogens (primary N) is 1. The number of hydrogen-bond donors (Lipinski definition) is 3. The van der Waals surface area contributed by atoms with E-state index in [0.717, 1.165) is 25.7 Å². The lowest BCUT2D eigenvalue weighted by Crippen LogP contribution is -2.48. The topological polar surface area (TPSA) is 95.7 Å². The van der Waals surface area contributed by atoms with Gasteiger partial charge in [0.1, 0.15) is 0 Å². The van der Waals surface area contributed by atoms with Crippen LogP contribution in [0.4, 0.5) is 0 Å². The number of thiophene rings is 1. The number of fused-ring (bicyclic) bond motifs is 1. The van der Waals surface area contributed by atoms with Crippen LogP contribution in [0, 0.1) is 0 Å². The van der Waals surface area contributed by atoms with Crippen LogP contribution >= 0.6 is 11.3 Å². The molecule has 7 heteroatoms. The standard InChI is InChI=1S/C17H26N2O3S.C11H11N/c1-19(2)17(14-5-4-12-23-14)10-8-13(9-11-17)18-15(20)6-3-7-16(21)22;12-8-10-6-3-5-9-4-1-2-7-11(9)10/h4-5,12-13H,3,6-11H2,1-2H3,(H,18,20)(H,21,22);1-7H,8,12H2. The Labute approximate surface area is 212 Å². The summed E-state index contributed by atoms with van der Waals surface area (Å²) >= 11 is 1.80. The molecule has 1 saturated carbocycles. The molecule has 188 valence electrons. The van der Waals surface area contributed by atoms with Crippen molar-refractivity contribution in [3.63, 3.8) is 0 Å². The van der Waals surface area contributed by atoms with Crippen molar-refractivity contribution >= 4 is 34.0 Å². The molecule has 4 N–H and O–H groups in total. The molecule has 0 spiro atoms. The second-order valence-electron chi connectivity index (χ2n) is 9.33. The number of hydrogen-bond acceptors (Lipinski definition) is 5. The van der Waals surface area contributed by atoms with Gasteiger partial charge in [0.05, 0.1) is 5.54 Å². The molecule has 1 fully saturated rings.